The third-order valence-electron chi connectivity index (χ3n) is 2.04. The summed E-state index contributed by atoms with van der Waals surface area (Å²) in [4.78, 5) is 0. The van der Waals surface area contributed by atoms with Gasteiger partial charge in [-0.15, -0.1) is 0 Å². The van der Waals surface area contributed by atoms with Gasteiger partial charge in [-0.3, -0.25) is 0 Å². The summed E-state index contributed by atoms with van der Waals surface area (Å²) in [5.74, 6) is 0.263. The first-order valence-corrected chi connectivity index (χ1v) is 5.66. The predicted molar refractivity (Wildman–Crippen MR) is 63.9 cm³/mol. The van der Waals surface area contributed by atoms with E-state index in [-0.39, 0.29) is 11.9 Å². The van der Waals surface area contributed by atoms with Crippen LogP contribution >= 0.6 is 15.9 Å². The summed E-state index contributed by atoms with van der Waals surface area (Å²) in [6, 6.07) is 3.79. The molecule has 0 fully saturated rings. The molecule has 0 bridgehead atoms. The van der Waals surface area contributed by atoms with Crippen LogP contribution in [0.15, 0.2) is 16.6 Å². The highest BCUT2D eigenvalue weighted by Crippen LogP contribution is 2.29. The number of aromatic hydroxyl groups is 1. The van der Waals surface area contributed by atoms with Gasteiger partial charge in [0, 0.05) is 18.7 Å². The number of halogens is 1. The van der Waals surface area contributed by atoms with E-state index in [1.807, 2.05) is 19.1 Å². The van der Waals surface area contributed by atoms with Gasteiger partial charge in [-0.25, -0.2) is 0 Å². The topological polar surface area (TPSA) is 52.5 Å². The molecule has 84 valence electrons. The smallest absolute Gasteiger partial charge is 0.134 e. The second kappa shape index (κ2) is 5.49. The van der Waals surface area contributed by atoms with Gasteiger partial charge in [-0.1, -0.05) is 6.07 Å². The van der Waals surface area contributed by atoms with E-state index in [2.05, 4.69) is 21.2 Å². The maximum atomic E-state index is 9.74. The molecule has 1 aromatic rings. The van der Waals surface area contributed by atoms with Crippen LogP contribution in [0.1, 0.15) is 18.1 Å². The van der Waals surface area contributed by atoms with Crippen LogP contribution in [-0.4, -0.2) is 22.9 Å². The molecule has 0 unspecified atom stereocenters. The maximum Gasteiger partial charge on any atom is 0.134 e. The average Bonchev–Trinajstić information content (AvgIpc) is 2.12. The molecule has 0 amide bonds. The molecule has 0 heterocycles. The van der Waals surface area contributed by atoms with Gasteiger partial charge >= 0.3 is 0 Å². The Morgan fingerprint density at radius 2 is 2.13 bits per heavy atom. The quantitative estimate of drug-likeness (QED) is 0.786. The minimum atomic E-state index is -0.375. The number of phenols is 1. The fraction of sp³-hybridized carbons (Fsp3) is 0.455. The second-order valence-electron chi connectivity index (χ2n) is 3.73. The van der Waals surface area contributed by atoms with Crippen molar-refractivity contribution in [2.24, 2.45) is 0 Å². The number of phenolic OH excluding ortho intramolecular Hbond substituents is 1. The van der Waals surface area contributed by atoms with Gasteiger partial charge in [0.15, 0.2) is 0 Å². The van der Waals surface area contributed by atoms with Crippen LogP contribution in [0.3, 0.4) is 0 Å². The number of hydrogen-bond donors (Lipinski definition) is 3. The molecular formula is C11H16BrNO2. The van der Waals surface area contributed by atoms with E-state index in [0.717, 1.165) is 11.1 Å². The summed E-state index contributed by atoms with van der Waals surface area (Å²) in [5.41, 5.74) is 1.93. The van der Waals surface area contributed by atoms with Crippen LogP contribution in [0.4, 0.5) is 0 Å². The molecule has 0 aromatic heterocycles. The van der Waals surface area contributed by atoms with E-state index in [1.54, 1.807) is 6.92 Å². The van der Waals surface area contributed by atoms with Crippen molar-refractivity contribution >= 4 is 15.9 Å². The van der Waals surface area contributed by atoms with E-state index in [1.165, 1.54) is 0 Å². The zero-order chi connectivity index (χ0) is 11.4. The summed E-state index contributed by atoms with van der Waals surface area (Å²) in [5, 5.41) is 21.9. The van der Waals surface area contributed by atoms with Gasteiger partial charge in [0.25, 0.3) is 0 Å². The Kier molecular flexibility index (Phi) is 4.57. The van der Waals surface area contributed by atoms with Crippen LogP contribution in [0, 0.1) is 6.92 Å². The lowest BCUT2D eigenvalue weighted by molar-refractivity contribution is 0.191. The minimum Gasteiger partial charge on any atom is -0.506 e. The van der Waals surface area contributed by atoms with Crippen LogP contribution in [0.25, 0.3) is 0 Å². The van der Waals surface area contributed by atoms with Crippen molar-refractivity contribution in [3.63, 3.8) is 0 Å². The number of aliphatic hydroxyl groups is 1. The van der Waals surface area contributed by atoms with E-state index < -0.39 is 0 Å². The molecule has 1 aromatic carbocycles. The molecule has 0 spiro atoms. The Labute approximate surface area is 98.3 Å². The molecule has 1 rings (SSSR count). The summed E-state index contributed by atoms with van der Waals surface area (Å²) in [6.07, 6.45) is -0.375. The van der Waals surface area contributed by atoms with Crippen molar-refractivity contribution in [2.75, 3.05) is 6.54 Å². The molecule has 0 saturated carbocycles. The zero-order valence-electron chi connectivity index (χ0n) is 8.92. The number of hydrogen-bond acceptors (Lipinski definition) is 3. The molecule has 0 aliphatic heterocycles. The van der Waals surface area contributed by atoms with Gasteiger partial charge in [0.1, 0.15) is 5.75 Å². The van der Waals surface area contributed by atoms with Crippen LogP contribution < -0.4 is 5.32 Å². The van der Waals surface area contributed by atoms with Crippen molar-refractivity contribution < 1.29 is 10.2 Å². The highest BCUT2D eigenvalue weighted by Gasteiger charge is 2.06. The van der Waals surface area contributed by atoms with Crippen LogP contribution in [-0.2, 0) is 6.54 Å². The Hall–Kier alpha value is -0.580. The number of rotatable bonds is 4. The molecule has 0 radical (unpaired) electrons. The number of benzene rings is 1. The molecule has 0 aliphatic carbocycles. The lowest BCUT2D eigenvalue weighted by atomic mass is 10.1. The maximum absolute atomic E-state index is 9.74. The fourth-order valence-electron chi connectivity index (χ4n) is 1.36. The van der Waals surface area contributed by atoms with Crippen molar-refractivity contribution in [1.82, 2.24) is 5.32 Å². The molecule has 1 atom stereocenters. The second-order valence-corrected chi connectivity index (χ2v) is 4.59. The summed E-state index contributed by atoms with van der Waals surface area (Å²) in [7, 11) is 0. The fourth-order valence-corrected chi connectivity index (χ4v) is 1.97. The Morgan fingerprint density at radius 1 is 1.47 bits per heavy atom. The molecule has 0 aliphatic rings. The summed E-state index contributed by atoms with van der Waals surface area (Å²) in [6.45, 7) is 4.77. The molecule has 3 N–H and O–H groups in total. The van der Waals surface area contributed by atoms with Crippen LogP contribution in [0.5, 0.6) is 5.75 Å². The molecule has 4 heteroatoms. The highest BCUT2D eigenvalue weighted by atomic mass is 79.9. The normalized spacial score (nSPS) is 12.8. The first kappa shape index (κ1) is 12.5. The highest BCUT2D eigenvalue weighted by molar-refractivity contribution is 9.10. The van der Waals surface area contributed by atoms with Crippen molar-refractivity contribution in [2.45, 2.75) is 26.5 Å². The van der Waals surface area contributed by atoms with Crippen molar-refractivity contribution in [1.29, 1.82) is 0 Å². The van der Waals surface area contributed by atoms with E-state index in [0.29, 0.717) is 17.6 Å². The van der Waals surface area contributed by atoms with Gasteiger partial charge in [-0.05, 0) is 41.4 Å². The zero-order valence-corrected chi connectivity index (χ0v) is 10.5. The lowest BCUT2D eigenvalue weighted by Gasteiger charge is -2.10. The van der Waals surface area contributed by atoms with Gasteiger partial charge in [-0.2, -0.15) is 0 Å². The number of nitrogens with one attached hydrogen (secondary N) is 1. The predicted octanol–water partition coefficient (Wildman–Crippen LogP) is 1.93. The van der Waals surface area contributed by atoms with Crippen molar-refractivity contribution in [3.05, 3.63) is 27.7 Å². The molecule has 3 nitrogen and oxygen atoms in total. The third kappa shape index (κ3) is 3.81. The lowest BCUT2D eigenvalue weighted by Crippen LogP contribution is -2.23. The minimum absolute atomic E-state index is 0.263. The average molecular weight is 274 g/mol. The van der Waals surface area contributed by atoms with Gasteiger partial charge in [0.2, 0.25) is 0 Å². The summed E-state index contributed by atoms with van der Waals surface area (Å²) >= 11 is 3.29. The van der Waals surface area contributed by atoms with E-state index in [9.17, 15) is 5.11 Å². The van der Waals surface area contributed by atoms with E-state index >= 15 is 0 Å². The van der Waals surface area contributed by atoms with Gasteiger partial charge in [0.05, 0.1) is 10.6 Å². The van der Waals surface area contributed by atoms with Crippen molar-refractivity contribution in [3.8, 4) is 5.75 Å². The van der Waals surface area contributed by atoms with Crippen LogP contribution in [0.2, 0.25) is 0 Å². The largest absolute Gasteiger partial charge is 0.506 e. The Balaban J connectivity index is 2.68. The monoisotopic (exact) mass is 273 g/mol. The Bertz CT molecular complexity index is 340. The number of aryl methyl sites for hydroxylation is 1. The molecular weight excluding hydrogens is 258 g/mol. The third-order valence-corrected chi connectivity index (χ3v) is 2.65. The van der Waals surface area contributed by atoms with Gasteiger partial charge < -0.3 is 15.5 Å². The number of aliphatic hydroxyl groups excluding tert-OH is 1. The Morgan fingerprint density at radius 3 is 2.73 bits per heavy atom. The van der Waals surface area contributed by atoms with E-state index in [4.69, 9.17) is 5.11 Å². The standard InChI is InChI=1S/C11H16BrNO2/c1-7-3-9(6-13-5-8(2)14)11(15)10(12)4-7/h3-4,8,13-15H,5-6H2,1-2H3/t8-/m1/s1. The first-order valence-electron chi connectivity index (χ1n) is 4.87. The molecule has 0 saturated heterocycles. The SMILES string of the molecule is Cc1cc(Br)c(O)c(CNC[C@@H](C)O)c1. The first-order chi connectivity index (χ1) is 7.00. The molecule has 15 heavy (non-hydrogen) atoms. The summed E-state index contributed by atoms with van der Waals surface area (Å²) < 4.78 is 0.705.